The number of aromatic nitrogens is 1. The third-order valence-corrected chi connectivity index (χ3v) is 9.78. The molecule has 0 bridgehead atoms. The lowest BCUT2D eigenvalue weighted by molar-refractivity contribution is -0.142. The molecule has 0 radical (unpaired) electrons. The van der Waals surface area contributed by atoms with Crippen LogP contribution >= 0.6 is 0 Å². The van der Waals surface area contributed by atoms with Gasteiger partial charge in [0.05, 0.1) is 5.69 Å². The predicted octanol–water partition coefficient (Wildman–Crippen LogP) is 6.37. The molecule has 2 saturated heterocycles. The van der Waals surface area contributed by atoms with E-state index in [1.54, 1.807) is 92.4 Å². The molecule has 2 aliphatic rings. The first-order valence-corrected chi connectivity index (χ1v) is 17.4. The minimum absolute atomic E-state index is 0.141. The second kappa shape index (κ2) is 14.5. The maximum Gasteiger partial charge on any atom is 0.408 e. The van der Waals surface area contributed by atoms with Gasteiger partial charge in [0, 0.05) is 53.4 Å². The highest BCUT2D eigenvalue weighted by Crippen LogP contribution is 2.35. The van der Waals surface area contributed by atoms with Crippen molar-refractivity contribution in [3.8, 4) is 11.3 Å². The predicted molar refractivity (Wildman–Crippen MR) is 195 cm³/mol. The summed E-state index contributed by atoms with van der Waals surface area (Å²) in [5, 5.41) is 16.2. The SMILES string of the molecule is CC(=O)N1CCC[C@H]1C(=O)Nc1ccc(-c2[nH]c3ccc(NC(=O)[C@@H]4CCCN4C(=O)[C@H](c4ccccc4)N(C(=O)O)C(C)(C)C)cc3c2F)cc1. The molecule has 272 valence electrons. The zero-order chi connectivity index (χ0) is 37.3. The highest BCUT2D eigenvalue weighted by atomic mass is 19.1. The third kappa shape index (κ3) is 7.21. The number of hydrogen-bond acceptors (Lipinski definition) is 5. The number of aromatic amines is 1. The van der Waals surface area contributed by atoms with Gasteiger partial charge < -0.3 is 30.5 Å². The Morgan fingerprint density at radius 1 is 0.846 bits per heavy atom. The number of nitrogens with one attached hydrogen (secondary N) is 3. The molecule has 1 aromatic heterocycles. The van der Waals surface area contributed by atoms with E-state index in [0.29, 0.717) is 53.8 Å². The van der Waals surface area contributed by atoms with Crippen molar-refractivity contribution in [2.45, 2.75) is 77.0 Å². The maximum absolute atomic E-state index is 15.9. The average Bonchev–Trinajstić information content (AvgIpc) is 3.87. The molecule has 4 aromatic rings. The summed E-state index contributed by atoms with van der Waals surface area (Å²) in [6.45, 7) is 7.45. The second-order valence-corrected chi connectivity index (χ2v) is 14.3. The summed E-state index contributed by atoms with van der Waals surface area (Å²) in [6.07, 6.45) is 1.06. The number of rotatable bonds is 8. The molecule has 5 amide bonds. The van der Waals surface area contributed by atoms with Gasteiger partial charge in [-0.05, 0) is 82.3 Å². The number of amides is 5. The van der Waals surface area contributed by atoms with Crippen molar-refractivity contribution in [1.82, 2.24) is 19.7 Å². The van der Waals surface area contributed by atoms with E-state index < -0.39 is 47.4 Å². The Kier molecular flexibility index (Phi) is 10.1. The largest absolute Gasteiger partial charge is 0.465 e. The summed E-state index contributed by atoms with van der Waals surface area (Å²) in [5.74, 6) is -1.86. The quantitative estimate of drug-likeness (QED) is 0.167. The van der Waals surface area contributed by atoms with Crippen LogP contribution in [0.4, 0.5) is 20.6 Å². The van der Waals surface area contributed by atoms with Gasteiger partial charge in [-0.15, -0.1) is 0 Å². The molecule has 6 rings (SSSR count). The molecule has 3 heterocycles. The van der Waals surface area contributed by atoms with Crippen molar-refractivity contribution in [1.29, 1.82) is 0 Å². The standard InChI is InChI=1S/C39H43FN6O6/c1-23(47)44-20-8-12-30(44)35(48)41-26-16-14-24(15-17-26)33-32(40)28-22-27(18-19-29(28)43-33)42-36(49)31-13-9-21-45(31)37(50)34(25-10-6-5-7-11-25)46(38(51)52)39(2,3)4/h5-7,10-11,14-19,22,30-31,34,43H,8-9,12-13,20-21H2,1-4H3,(H,41,48)(H,42,49)(H,51,52)/t30-,31-,34-/m0/s1. The first-order chi connectivity index (χ1) is 24.7. The number of carbonyl (C=O) groups is 5. The molecule has 2 fully saturated rings. The van der Waals surface area contributed by atoms with Gasteiger partial charge in [0.1, 0.15) is 18.1 Å². The first kappa shape index (κ1) is 36.1. The Hall–Kier alpha value is -5.72. The van der Waals surface area contributed by atoms with Crippen molar-refractivity contribution in [3.05, 3.63) is 84.2 Å². The number of H-pyrrole nitrogens is 1. The van der Waals surface area contributed by atoms with E-state index in [1.165, 1.54) is 17.9 Å². The molecular formula is C39H43FN6O6. The Labute approximate surface area is 301 Å². The number of hydrogen-bond donors (Lipinski definition) is 4. The molecule has 2 aliphatic heterocycles. The number of carboxylic acid groups (broad SMARTS) is 1. The van der Waals surface area contributed by atoms with Crippen LogP contribution in [0, 0.1) is 5.82 Å². The smallest absolute Gasteiger partial charge is 0.408 e. The van der Waals surface area contributed by atoms with Crippen LogP contribution in [0.3, 0.4) is 0 Å². The molecule has 0 saturated carbocycles. The van der Waals surface area contributed by atoms with Crippen LogP contribution < -0.4 is 10.6 Å². The van der Waals surface area contributed by atoms with Gasteiger partial charge in [-0.2, -0.15) is 0 Å². The fourth-order valence-corrected chi connectivity index (χ4v) is 7.31. The summed E-state index contributed by atoms with van der Waals surface area (Å²) in [4.78, 5) is 72.3. The van der Waals surface area contributed by atoms with Crippen LogP contribution in [0.2, 0.25) is 0 Å². The number of halogens is 1. The zero-order valence-corrected chi connectivity index (χ0v) is 29.6. The lowest BCUT2D eigenvalue weighted by Crippen LogP contribution is -2.54. The van der Waals surface area contributed by atoms with E-state index >= 15 is 4.39 Å². The molecular weight excluding hydrogens is 667 g/mol. The normalized spacial score (nSPS) is 17.9. The highest BCUT2D eigenvalue weighted by molar-refractivity contribution is 6.01. The van der Waals surface area contributed by atoms with Crippen molar-refractivity contribution < 1.29 is 33.5 Å². The van der Waals surface area contributed by atoms with Gasteiger partial charge in [0.15, 0.2) is 5.82 Å². The number of nitrogens with zero attached hydrogens (tertiary/aromatic N) is 3. The summed E-state index contributed by atoms with van der Waals surface area (Å²) in [7, 11) is 0. The number of carbonyl (C=O) groups excluding carboxylic acids is 4. The monoisotopic (exact) mass is 710 g/mol. The van der Waals surface area contributed by atoms with Crippen LogP contribution in [0.1, 0.15) is 65.0 Å². The molecule has 0 spiro atoms. The fraction of sp³-hybridized carbons (Fsp3) is 0.359. The van der Waals surface area contributed by atoms with Crippen LogP contribution in [-0.2, 0) is 19.2 Å². The Morgan fingerprint density at radius 2 is 1.42 bits per heavy atom. The van der Waals surface area contributed by atoms with Gasteiger partial charge in [-0.3, -0.25) is 24.1 Å². The van der Waals surface area contributed by atoms with Gasteiger partial charge in [-0.1, -0.05) is 42.5 Å². The number of fused-ring (bicyclic) bond motifs is 1. The van der Waals surface area contributed by atoms with Crippen molar-refractivity contribution in [3.63, 3.8) is 0 Å². The van der Waals surface area contributed by atoms with E-state index in [-0.39, 0.29) is 29.4 Å². The van der Waals surface area contributed by atoms with E-state index in [0.717, 1.165) is 11.3 Å². The second-order valence-electron chi connectivity index (χ2n) is 14.3. The van der Waals surface area contributed by atoms with E-state index in [2.05, 4.69) is 15.6 Å². The van der Waals surface area contributed by atoms with Gasteiger partial charge in [-0.25, -0.2) is 9.18 Å². The van der Waals surface area contributed by atoms with Crippen LogP contribution in [0.5, 0.6) is 0 Å². The molecule has 52 heavy (non-hydrogen) atoms. The number of likely N-dealkylation sites (tertiary alicyclic amines) is 2. The first-order valence-electron chi connectivity index (χ1n) is 17.4. The minimum Gasteiger partial charge on any atom is -0.465 e. The third-order valence-electron chi connectivity index (χ3n) is 9.78. The lowest BCUT2D eigenvalue weighted by atomic mass is 9.97. The van der Waals surface area contributed by atoms with Gasteiger partial charge >= 0.3 is 6.09 Å². The van der Waals surface area contributed by atoms with Crippen molar-refractivity contribution >= 4 is 52.0 Å². The fourth-order valence-electron chi connectivity index (χ4n) is 7.31. The lowest BCUT2D eigenvalue weighted by Gasteiger charge is -2.41. The van der Waals surface area contributed by atoms with Crippen molar-refractivity contribution in [2.75, 3.05) is 23.7 Å². The molecule has 12 nitrogen and oxygen atoms in total. The summed E-state index contributed by atoms with van der Waals surface area (Å²) in [5.41, 5.74) is 1.73. The summed E-state index contributed by atoms with van der Waals surface area (Å²) < 4.78 is 15.9. The molecule has 0 unspecified atom stereocenters. The van der Waals surface area contributed by atoms with Crippen LogP contribution in [0.25, 0.3) is 22.2 Å². The maximum atomic E-state index is 15.9. The van der Waals surface area contributed by atoms with Gasteiger partial charge in [0.2, 0.25) is 17.7 Å². The topological polar surface area (TPSA) is 155 Å². The Balaban J connectivity index is 1.18. The Bertz CT molecular complexity index is 2010. The van der Waals surface area contributed by atoms with E-state index in [1.807, 2.05) is 0 Å². The molecule has 3 atom stereocenters. The molecule has 3 aromatic carbocycles. The van der Waals surface area contributed by atoms with Crippen LogP contribution in [-0.4, -0.2) is 85.2 Å². The summed E-state index contributed by atoms with van der Waals surface area (Å²) in [6, 6.07) is 17.7. The van der Waals surface area contributed by atoms with E-state index in [9.17, 15) is 29.1 Å². The van der Waals surface area contributed by atoms with Crippen LogP contribution in [0.15, 0.2) is 72.8 Å². The van der Waals surface area contributed by atoms with Crippen molar-refractivity contribution in [2.24, 2.45) is 0 Å². The number of anilines is 2. The highest BCUT2D eigenvalue weighted by Gasteiger charge is 2.44. The van der Waals surface area contributed by atoms with E-state index in [4.69, 9.17) is 0 Å². The summed E-state index contributed by atoms with van der Waals surface area (Å²) >= 11 is 0. The molecule has 13 heteroatoms. The minimum atomic E-state index is -1.25. The zero-order valence-electron chi connectivity index (χ0n) is 29.6. The average molecular weight is 711 g/mol. The Morgan fingerprint density at radius 3 is 2.02 bits per heavy atom. The number of benzene rings is 3. The molecule has 0 aliphatic carbocycles. The van der Waals surface area contributed by atoms with Gasteiger partial charge in [0.25, 0.3) is 5.91 Å². The molecule has 4 N–H and O–H groups in total.